The van der Waals surface area contributed by atoms with Crippen molar-refractivity contribution in [2.75, 3.05) is 0 Å². The summed E-state index contributed by atoms with van der Waals surface area (Å²) in [5.74, 6) is -1.12. The molecule has 1 saturated heterocycles. The molecule has 0 aromatic carbocycles. The van der Waals surface area contributed by atoms with Gasteiger partial charge in [-0.15, -0.1) is 0 Å². The van der Waals surface area contributed by atoms with Crippen LogP contribution in [-0.2, 0) is 16.1 Å². The number of likely N-dealkylation sites (tertiary alicyclic amines) is 1. The standard InChI is InChI=1S/C17H26N4O2/c1-16(2)9-12(18)10-17(3,4)21(16)15(23)14(22)20-11-13-7-5-6-8-19-13/h5-8,12H,9-11,18H2,1-4H3,(H,20,22). The van der Waals surface area contributed by atoms with Crippen molar-refractivity contribution in [3.05, 3.63) is 30.1 Å². The highest BCUT2D eigenvalue weighted by atomic mass is 16.2. The molecular formula is C17H26N4O2. The number of pyridine rings is 1. The van der Waals surface area contributed by atoms with E-state index in [1.54, 1.807) is 23.2 Å². The summed E-state index contributed by atoms with van der Waals surface area (Å²) in [7, 11) is 0. The van der Waals surface area contributed by atoms with Crippen LogP contribution in [0.5, 0.6) is 0 Å². The Morgan fingerprint density at radius 2 is 1.87 bits per heavy atom. The molecule has 23 heavy (non-hydrogen) atoms. The van der Waals surface area contributed by atoms with Gasteiger partial charge in [0.05, 0.1) is 12.2 Å². The third-order valence-corrected chi connectivity index (χ3v) is 4.29. The van der Waals surface area contributed by atoms with Crippen molar-refractivity contribution in [2.24, 2.45) is 5.73 Å². The van der Waals surface area contributed by atoms with Crippen LogP contribution in [0.2, 0.25) is 0 Å². The van der Waals surface area contributed by atoms with E-state index in [2.05, 4.69) is 10.3 Å². The topological polar surface area (TPSA) is 88.3 Å². The van der Waals surface area contributed by atoms with E-state index < -0.39 is 22.9 Å². The van der Waals surface area contributed by atoms with Crippen molar-refractivity contribution >= 4 is 11.8 Å². The third-order valence-electron chi connectivity index (χ3n) is 4.29. The maximum atomic E-state index is 12.7. The average molecular weight is 318 g/mol. The van der Waals surface area contributed by atoms with Crippen LogP contribution in [0.15, 0.2) is 24.4 Å². The highest BCUT2D eigenvalue weighted by molar-refractivity contribution is 6.35. The predicted molar refractivity (Wildman–Crippen MR) is 88.3 cm³/mol. The van der Waals surface area contributed by atoms with E-state index in [1.807, 2.05) is 33.8 Å². The van der Waals surface area contributed by atoms with Crippen molar-refractivity contribution in [3.8, 4) is 0 Å². The number of aromatic nitrogens is 1. The van der Waals surface area contributed by atoms with Gasteiger partial charge in [-0.25, -0.2) is 0 Å². The van der Waals surface area contributed by atoms with Gasteiger partial charge < -0.3 is 16.0 Å². The van der Waals surface area contributed by atoms with Gasteiger partial charge in [0, 0.05) is 23.3 Å². The highest BCUT2D eigenvalue weighted by Gasteiger charge is 2.48. The Kier molecular flexibility index (Phi) is 4.75. The third kappa shape index (κ3) is 3.88. The lowest BCUT2D eigenvalue weighted by molar-refractivity contribution is -0.159. The Bertz CT molecular complexity index is 566. The first kappa shape index (κ1) is 17.4. The zero-order valence-corrected chi connectivity index (χ0v) is 14.3. The molecule has 0 aliphatic carbocycles. The molecule has 1 fully saturated rings. The fourth-order valence-electron chi connectivity index (χ4n) is 3.76. The number of carbonyl (C=O) groups excluding carboxylic acids is 2. The molecule has 0 atom stereocenters. The van der Waals surface area contributed by atoms with Gasteiger partial charge in [-0.05, 0) is 52.7 Å². The summed E-state index contributed by atoms with van der Waals surface area (Å²) in [6.07, 6.45) is 3.01. The van der Waals surface area contributed by atoms with Crippen LogP contribution in [0.25, 0.3) is 0 Å². The minimum atomic E-state index is -0.604. The van der Waals surface area contributed by atoms with Crippen molar-refractivity contribution in [1.82, 2.24) is 15.2 Å². The van der Waals surface area contributed by atoms with E-state index in [-0.39, 0.29) is 12.6 Å². The van der Waals surface area contributed by atoms with Gasteiger partial charge in [0.1, 0.15) is 0 Å². The van der Waals surface area contributed by atoms with Crippen molar-refractivity contribution < 1.29 is 9.59 Å². The molecule has 2 amide bonds. The molecule has 0 spiro atoms. The Hall–Kier alpha value is -1.95. The lowest BCUT2D eigenvalue weighted by atomic mass is 9.77. The monoisotopic (exact) mass is 318 g/mol. The van der Waals surface area contributed by atoms with Gasteiger partial charge >= 0.3 is 11.8 Å². The second kappa shape index (κ2) is 6.28. The minimum Gasteiger partial charge on any atom is -0.342 e. The molecule has 1 aliphatic rings. The Morgan fingerprint density at radius 1 is 1.26 bits per heavy atom. The average Bonchev–Trinajstić information content (AvgIpc) is 2.42. The second-order valence-electron chi connectivity index (χ2n) is 7.44. The molecule has 1 aliphatic heterocycles. The van der Waals surface area contributed by atoms with Crippen molar-refractivity contribution in [1.29, 1.82) is 0 Å². The Balaban J connectivity index is 2.09. The maximum absolute atomic E-state index is 12.7. The fraction of sp³-hybridized carbons (Fsp3) is 0.588. The normalized spacial score (nSPS) is 20.1. The SMILES string of the molecule is CC1(C)CC(N)CC(C)(C)N1C(=O)C(=O)NCc1ccccn1. The van der Waals surface area contributed by atoms with E-state index >= 15 is 0 Å². The quantitative estimate of drug-likeness (QED) is 0.802. The van der Waals surface area contributed by atoms with Crippen LogP contribution in [0, 0.1) is 0 Å². The van der Waals surface area contributed by atoms with E-state index in [1.165, 1.54) is 0 Å². The fourth-order valence-corrected chi connectivity index (χ4v) is 3.76. The lowest BCUT2D eigenvalue weighted by Gasteiger charge is -2.54. The minimum absolute atomic E-state index is 0.0284. The smallest absolute Gasteiger partial charge is 0.312 e. The molecule has 1 aromatic rings. The van der Waals surface area contributed by atoms with Crippen molar-refractivity contribution in [3.63, 3.8) is 0 Å². The zero-order valence-electron chi connectivity index (χ0n) is 14.3. The van der Waals surface area contributed by atoms with E-state index in [0.29, 0.717) is 18.5 Å². The molecule has 0 bridgehead atoms. The molecule has 2 rings (SSSR count). The molecule has 1 aromatic heterocycles. The summed E-state index contributed by atoms with van der Waals surface area (Å²) < 4.78 is 0. The van der Waals surface area contributed by atoms with E-state index in [0.717, 1.165) is 0 Å². The number of rotatable bonds is 2. The summed E-state index contributed by atoms with van der Waals surface area (Å²) in [5.41, 5.74) is 5.91. The summed E-state index contributed by atoms with van der Waals surface area (Å²) in [5, 5.41) is 2.66. The summed E-state index contributed by atoms with van der Waals surface area (Å²) >= 11 is 0. The maximum Gasteiger partial charge on any atom is 0.312 e. The molecule has 0 saturated carbocycles. The van der Waals surface area contributed by atoms with Crippen molar-refractivity contribution in [2.45, 2.75) is 64.2 Å². The summed E-state index contributed by atoms with van der Waals surface area (Å²) in [6, 6.07) is 5.48. The van der Waals surface area contributed by atoms with E-state index in [4.69, 9.17) is 5.73 Å². The lowest BCUT2D eigenvalue weighted by Crippen LogP contribution is -2.67. The van der Waals surface area contributed by atoms with E-state index in [9.17, 15) is 9.59 Å². The summed E-state index contributed by atoms with van der Waals surface area (Å²) in [6.45, 7) is 8.06. The van der Waals surface area contributed by atoms with Crippen LogP contribution in [0.3, 0.4) is 0 Å². The number of amides is 2. The molecule has 126 valence electrons. The molecule has 3 N–H and O–H groups in total. The molecule has 0 unspecified atom stereocenters. The molecule has 6 nitrogen and oxygen atoms in total. The van der Waals surface area contributed by atoms with Gasteiger partial charge in [-0.1, -0.05) is 6.07 Å². The van der Waals surface area contributed by atoms with Crippen LogP contribution in [0.4, 0.5) is 0 Å². The molecule has 0 radical (unpaired) electrons. The number of hydrogen-bond acceptors (Lipinski definition) is 4. The van der Waals surface area contributed by atoms with Gasteiger partial charge in [-0.2, -0.15) is 0 Å². The first-order chi connectivity index (χ1) is 10.6. The first-order valence-corrected chi connectivity index (χ1v) is 7.91. The van der Waals surface area contributed by atoms with Crippen LogP contribution in [0.1, 0.15) is 46.2 Å². The number of nitrogens with one attached hydrogen (secondary N) is 1. The van der Waals surface area contributed by atoms with Gasteiger partial charge in [0.15, 0.2) is 0 Å². The number of nitrogens with zero attached hydrogens (tertiary/aromatic N) is 2. The van der Waals surface area contributed by atoms with Crippen LogP contribution < -0.4 is 11.1 Å². The largest absolute Gasteiger partial charge is 0.342 e. The predicted octanol–water partition coefficient (Wildman–Crippen LogP) is 1.20. The second-order valence-corrected chi connectivity index (χ2v) is 7.44. The number of nitrogens with two attached hydrogens (primary N) is 1. The van der Waals surface area contributed by atoms with Gasteiger partial charge in [-0.3, -0.25) is 14.6 Å². The molecule has 2 heterocycles. The van der Waals surface area contributed by atoms with Gasteiger partial charge in [0.2, 0.25) is 0 Å². The first-order valence-electron chi connectivity index (χ1n) is 7.91. The van der Waals surface area contributed by atoms with Crippen LogP contribution in [-0.4, -0.2) is 38.8 Å². The van der Waals surface area contributed by atoms with Crippen LogP contribution >= 0.6 is 0 Å². The molecular weight excluding hydrogens is 292 g/mol. The number of carbonyl (C=O) groups is 2. The number of piperidine rings is 1. The summed E-state index contributed by atoms with van der Waals surface area (Å²) in [4.78, 5) is 30.8. The Morgan fingerprint density at radius 3 is 2.39 bits per heavy atom. The van der Waals surface area contributed by atoms with Gasteiger partial charge in [0.25, 0.3) is 0 Å². The Labute approximate surface area is 137 Å². The number of hydrogen-bond donors (Lipinski definition) is 2. The molecule has 6 heteroatoms. The zero-order chi connectivity index (χ0) is 17.3. The highest BCUT2D eigenvalue weighted by Crippen LogP contribution is 2.37.